The first-order valence-electron chi connectivity index (χ1n) is 6.32. The normalized spacial score (nSPS) is 12.9. The fourth-order valence-corrected chi connectivity index (χ4v) is 1.81. The van der Waals surface area contributed by atoms with Crippen molar-refractivity contribution in [2.45, 2.75) is 38.6 Å². The van der Waals surface area contributed by atoms with Crippen molar-refractivity contribution in [2.75, 3.05) is 5.32 Å². The number of primary amides is 1. The summed E-state index contributed by atoms with van der Waals surface area (Å²) in [6, 6.07) is 6.98. The Morgan fingerprint density at radius 1 is 1.25 bits per heavy atom. The average Bonchev–Trinajstić information content (AvgIpc) is 2.30. The largest absolute Gasteiger partial charge is 0.369 e. The highest BCUT2D eigenvalue weighted by Gasteiger charge is 2.26. The van der Waals surface area contributed by atoms with E-state index in [0.717, 1.165) is 12.0 Å². The van der Waals surface area contributed by atoms with Gasteiger partial charge in [0.15, 0.2) is 0 Å². The summed E-state index contributed by atoms with van der Waals surface area (Å²) in [5, 5.41) is 2.77. The van der Waals surface area contributed by atoms with Crippen molar-refractivity contribution in [2.24, 2.45) is 11.5 Å². The van der Waals surface area contributed by atoms with Crippen LogP contribution in [0.25, 0.3) is 0 Å². The predicted molar refractivity (Wildman–Crippen MR) is 82.7 cm³/mol. The van der Waals surface area contributed by atoms with Crippen LogP contribution in [-0.2, 0) is 16.0 Å². The molecule has 0 heterocycles. The molecular formula is C14H22ClN3O2. The molecule has 0 bridgehead atoms. The fraction of sp³-hybridized carbons (Fsp3) is 0.429. The first-order chi connectivity index (χ1) is 8.85. The van der Waals surface area contributed by atoms with Crippen molar-refractivity contribution in [3.8, 4) is 0 Å². The molecule has 0 aliphatic rings. The number of nitrogens with one attached hydrogen (secondary N) is 1. The molecule has 0 saturated heterocycles. The number of halogens is 1. The molecule has 6 heteroatoms. The van der Waals surface area contributed by atoms with Crippen LogP contribution in [0.2, 0.25) is 0 Å². The van der Waals surface area contributed by atoms with E-state index in [2.05, 4.69) is 5.32 Å². The van der Waals surface area contributed by atoms with E-state index in [1.165, 1.54) is 0 Å². The van der Waals surface area contributed by atoms with Crippen LogP contribution < -0.4 is 16.8 Å². The van der Waals surface area contributed by atoms with Gasteiger partial charge < -0.3 is 16.8 Å². The van der Waals surface area contributed by atoms with Gasteiger partial charge in [-0.25, -0.2) is 0 Å². The van der Waals surface area contributed by atoms with Gasteiger partial charge in [-0.15, -0.1) is 12.4 Å². The second-order valence-corrected chi connectivity index (χ2v) is 4.96. The van der Waals surface area contributed by atoms with E-state index in [-0.39, 0.29) is 30.6 Å². The van der Waals surface area contributed by atoms with Gasteiger partial charge in [-0.2, -0.15) is 0 Å². The summed E-state index contributed by atoms with van der Waals surface area (Å²) in [6.45, 7) is 3.70. The molecule has 0 aromatic heterocycles. The number of rotatable bonds is 6. The van der Waals surface area contributed by atoms with Crippen LogP contribution in [0.15, 0.2) is 24.3 Å². The number of hydrogen-bond donors (Lipinski definition) is 3. The Morgan fingerprint density at radius 3 is 2.25 bits per heavy atom. The molecule has 112 valence electrons. The van der Waals surface area contributed by atoms with E-state index in [9.17, 15) is 9.59 Å². The molecule has 5 N–H and O–H groups in total. The van der Waals surface area contributed by atoms with Crippen LogP contribution >= 0.6 is 12.4 Å². The van der Waals surface area contributed by atoms with Crippen LogP contribution in [0, 0.1) is 0 Å². The van der Waals surface area contributed by atoms with Gasteiger partial charge in [0.1, 0.15) is 0 Å². The summed E-state index contributed by atoms with van der Waals surface area (Å²) < 4.78 is 0. The van der Waals surface area contributed by atoms with Gasteiger partial charge in [0, 0.05) is 5.69 Å². The molecule has 1 aromatic rings. The Bertz CT molecular complexity index is 458. The molecule has 2 amide bonds. The number of carbonyl (C=O) groups is 2. The third-order valence-corrected chi connectivity index (χ3v) is 2.88. The Kier molecular flexibility index (Phi) is 7.24. The molecule has 0 aliphatic heterocycles. The maximum atomic E-state index is 12.0. The van der Waals surface area contributed by atoms with E-state index in [1.54, 1.807) is 31.2 Å². The predicted octanol–water partition coefficient (Wildman–Crippen LogP) is 1.59. The maximum absolute atomic E-state index is 12.0. The number of anilines is 1. The summed E-state index contributed by atoms with van der Waals surface area (Å²) in [6.07, 6.45) is 1.66. The Labute approximate surface area is 125 Å². The van der Waals surface area contributed by atoms with Gasteiger partial charge in [-0.3, -0.25) is 9.59 Å². The van der Waals surface area contributed by atoms with Crippen molar-refractivity contribution < 1.29 is 9.59 Å². The summed E-state index contributed by atoms with van der Waals surface area (Å²) in [7, 11) is 0. The second kappa shape index (κ2) is 7.87. The van der Waals surface area contributed by atoms with Crippen LogP contribution in [-0.4, -0.2) is 17.4 Å². The van der Waals surface area contributed by atoms with Crippen molar-refractivity contribution >= 4 is 29.9 Å². The minimum absolute atomic E-state index is 0. The van der Waals surface area contributed by atoms with Gasteiger partial charge >= 0.3 is 0 Å². The summed E-state index contributed by atoms with van der Waals surface area (Å²) in [5.41, 5.74) is 11.6. The zero-order valence-electron chi connectivity index (χ0n) is 11.8. The smallest absolute Gasteiger partial charge is 0.244 e. The minimum atomic E-state index is -0.874. The highest BCUT2D eigenvalue weighted by atomic mass is 35.5. The molecule has 1 unspecified atom stereocenters. The number of amides is 2. The number of nitrogens with two attached hydrogens (primary N) is 2. The highest BCUT2D eigenvalue weighted by Crippen LogP contribution is 2.15. The Balaban J connectivity index is 0.00000361. The van der Waals surface area contributed by atoms with E-state index in [0.29, 0.717) is 12.1 Å². The lowest BCUT2D eigenvalue weighted by atomic mass is 9.96. The van der Waals surface area contributed by atoms with Crippen molar-refractivity contribution in [1.82, 2.24) is 0 Å². The Hall–Kier alpha value is -1.59. The average molecular weight is 300 g/mol. The topological polar surface area (TPSA) is 98.2 Å². The second-order valence-electron chi connectivity index (χ2n) is 4.96. The maximum Gasteiger partial charge on any atom is 0.244 e. The van der Waals surface area contributed by atoms with Crippen molar-refractivity contribution in [1.29, 1.82) is 0 Å². The van der Waals surface area contributed by atoms with Gasteiger partial charge in [-0.05, 0) is 31.0 Å². The van der Waals surface area contributed by atoms with E-state index < -0.39 is 5.54 Å². The lowest BCUT2D eigenvalue weighted by Gasteiger charge is -2.22. The lowest BCUT2D eigenvalue weighted by Crippen LogP contribution is -2.48. The Morgan fingerprint density at radius 2 is 1.80 bits per heavy atom. The highest BCUT2D eigenvalue weighted by molar-refractivity contribution is 5.97. The molecule has 1 aromatic carbocycles. The van der Waals surface area contributed by atoms with Crippen LogP contribution in [0.1, 0.15) is 32.3 Å². The molecular weight excluding hydrogens is 278 g/mol. The monoisotopic (exact) mass is 299 g/mol. The van der Waals surface area contributed by atoms with Gasteiger partial charge in [-0.1, -0.05) is 25.5 Å². The zero-order chi connectivity index (χ0) is 14.5. The van der Waals surface area contributed by atoms with E-state index in [1.807, 2.05) is 6.92 Å². The standard InChI is InChI=1S/C14H21N3O2.ClH/c1-3-8-14(2,16)13(19)17-11-6-4-10(5-7-11)9-12(15)18;/h4-7H,3,8-9,16H2,1-2H3,(H2,15,18)(H,17,19);1H. The van der Waals surface area contributed by atoms with Crippen LogP contribution in [0.5, 0.6) is 0 Å². The molecule has 0 radical (unpaired) electrons. The molecule has 0 aliphatic carbocycles. The van der Waals surface area contributed by atoms with Crippen LogP contribution in [0.3, 0.4) is 0 Å². The lowest BCUT2D eigenvalue weighted by molar-refractivity contribution is -0.121. The number of hydrogen-bond acceptors (Lipinski definition) is 3. The van der Waals surface area contributed by atoms with Gasteiger partial charge in [0.25, 0.3) is 0 Å². The fourth-order valence-electron chi connectivity index (χ4n) is 1.81. The van der Waals surface area contributed by atoms with Crippen molar-refractivity contribution in [3.63, 3.8) is 0 Å². The molecule has 20 heavy (non-hydrogen) atoms. The molecule has 0 saturated carbocycles. The van der Waals surface area contributed by atoms with Gasteiger partial charge in [0.05, 0.1) is 12.0 Å². The van der Waals surface area contributed by atoms with E-state index >= 15 is 0 Å². The summed E-state index contributed by atoms with van der Waals surface area (Å²) in [4.78, 5) is 22.7. The van der Waals surface area contributed by atoms with Crippen molar-refractivity contribution in [3.05, 3.63) is 29.8 Å². The molecule has 5 nitrogen and oxygen atoms in total. The molecule has 0 fully saturated rings. The summed E-state index contributed by atoms with van der Waals surface area (Å²) >= 11 is 0. The number of benzene rings is 1. The third kappa shape index (κ3) is 5.59. The first-order valence-corrected chi connectivity index (χ1v) is 6.32. The SMILES string of the molecule is CCCC(C)(N)C(=O)Nc1ccc(CC(N)=O)cc1.Cl. The van der Waals surface area contributed by atoms with Crippen LogP contribution in [0.4, 0.5) is 5.69 Å². The zero-order valence-corrected chi connectivity index (χ0v) is 12.6. The number of carbonyl (C=O) groups excluding carboxylic acids is 2. The summed E-state index contributed by atoms with van der Waals surface area (Å²) in [5.74, 6) is -0.591. The minimum Gasteiger partial charge on any atom is -0.369 e. The van der Waals surface area contributed by atoms with E-state index in [4.69, 9.17) is 11.5 Å². The molecule has 1 atom stereocenters. The molecule has 1 rings (SSSR count). The third-order valence-electron chi connectivity index (χ3n) is 2.88. The van der Waals surface area contributed by atoms with Gasteiger partial charge in [0.2, 0.25) is 11.8 Å². The quantitative estimate of drug-likeness (QED) is 0.744. The first kappa shape index (κ1) is 18.4. The molecule has 0 spiro atoms.